The van der Waals surface area contributed by atoms with Crippen LogP contribution in [0.3, 0.4) is 0 Å². The highest BCUT2D eigenvalue weighted by atomic mass is 32.2. The Balaban J connectivity index is 1.78. The molecule has 0 aliphatic carbocycles. The van der Waals surface area contributed by atoms with Crippen LogP contribution in [0.2, 0.25) is 0 Å². The van der Waals surface area contributed by atoms with Crippen molar-refractivity contribution in [3.05, 3.63) is 59.7 Å². The van der Waals surface area contributed by atoms with E-state index in [-0.39, 0.29) is 24.9 Å². The molecule has 0 aromatic heterocycles. The Kier molecular flexibility index (Phi) is 5.41. The first-order valence-electron chi connectivity index (χ1n) is 8.86. The maximum absolute atomic E-state index is 12.8. The second-order valence-electron chi connectivity index (χ2n) is 6.84. The van der Waals surface area contributed by atoms with Crippen molar-refractivity contribution in [2.75, 3.05) is 17.1 Å². The van der Waals surface area contributed by atoms with Crippen LogP contribution < -0.4 is 14.4 Å². The number of benzene rings is 2. The summed E-state index contributed by atoms with van der Waals surface area (Å²) in [6.45, 7) is 4.11. The van der Waals surface area contributed by atoms with Crippen molar-refractivity contribution >= 4 is 21.6 Å². The van der Waals surface area contributed by atoms with Crippen molar-refractivity contribution in [1.29, 1.82) is 0 Å². The van der Waals surface area contributed by atoms with Crippen LogP contribution in [0.15, 0.2) is 48.5 Å². The first-order chi connectivity index (χ1) is 12.8. The minimum Gasteiger partial charge on any atom is -0.478 e. The average molecular weight is 388 g/mol. The van der Waals surface area contributed by atoms with Gasteiger partial charge in [-0.25, -0.2) is 8.42 Å². The highest BCUT2D eigenvalue weighted by Gasteiger charge is 2.31. The van der Waals surface area contributed by atoms with Crippen molar-refractivity contribution in [3.8, 4) is 5.75 Å². The molecule has 0 spiro atoms. The Labute approximate surface area is 160 Å². The summed E-state index contributed by atoms with van der Waals surface area (Å²) in [5.74, 6) is 0.136. The van der Waals surface area contributed by atoms with Gasteiger partial charge in [-0.2, -0.15) is 0 Å². The van der Waals surface area contributed by atoms with Crippen LogP contribution in [-0.4, -0.2) is 33.2 Å². The third-order valence-electron chi connectivity index (χ3n) is 4.63. The molecule has 1 amide bonds. The molecule has 0 saturated heterocycles. The number of rotatable bonds is 4. The number of carbonyl (C=O) groups excluding carboxylic acids is 1. The van der Waals surface area contributed by atoms with Crippen LogP contribution in [0.25, 0.3) is 0 Å². The summed E-state index contributed by atoms with van der Waals surface area (Å²) in [5, 5.41) is 2.97. The molecule has 1 aliphatic heterocycles. The van der Waals surface area contributed by atoms with Crippen LogP contribution in [-0.2, 0) is 14.8 Å². The van der Waals surface area contributed by atoms with Gasteiger partial charge in [-0.15, -0.1) is 0 Å². The van der Waals surface area contributed by atoms with Gasteiger partial charge in [0.05, 0.1) is 18.0 Å². The average Bonchev–Trinajstić information content (AvgIpc) is 2.81. The van der Waals surface area contributed by atoms with Crippen molar-refractivity contribution in [1.82, 2.24) is 5.32 Å². The molecule has 144 valence electrons. The van der Waals surface area contributed by atoms with E-state index in [1.54, 1.807) is 24.3 Å². The first-order valence-corrected chi connectivity index (χ1v) is 10.7. The third-order valence-corrected chi connectivity index (χ3v) is 5.81. The molecule has 2 aromatic rings. The Morgan fingerprint density at radius 3 is 2.52 bits per heavy atom. The molecular formula is C20H24N2O4S. The minimum absolute atomic E-state index is 0.175. The van der Waals surface area contributed by atoms with Crippen LogP contribution in [0.5, 0.6) is 5.75 Å². The minimum atomic E-state index is -3.46. The Morgan fingerprint density at radius 1 is 1.19 bits per heavy atom. The van der Waals surface area contributed by atoms with E-state index in [0.29, 0.717) is 11.4 Å². The number of amides is 1. The molecule has 0 fully saturated rings. The van der Waals surface area contributed by atoms with Gasteiger partial charge in [0, 0.05) is 13.0 Å². The molecule has 1 heterocycles. The topological polar surface area (TPSA) is 75.7 Å². The molecule has 27 heavy (non-hydrogen) atoms. The number of sulfonamides is 1. The van der Waals surface area contributed by atoms with E-state index >= 15 is 0 Å². The smallest absolute Gasteiger partial charge is 0.261 e. The number of aryl methyl sites for hydroxylation is 1. The highest BCUT2D eigenvalue weighted by molar-refractivity contribution is 7.92. The van der Waals surface area contributed by atoms with Crippen LogP contribution >= 0.6 is 0 Å². The zero-order valence-corrected chi connectivity index (χ0v) is 16.5. The number of para-hydroxylation sites is 2. The van der Waals surface area contributed by atoms with E-state index in [0.717, 1.165) is 17.4 Å². The summed E-state index contributed by atoms with van der Waals surface area (Å²) in [4.78, 5) is 12.8. The molecule has 0 unspecified atom stereocenters. The number of nitrogens with zero attached hydrogens (tertiary/aromatic N) is 1. The summed E-state index contributed by atoms with van der Waals surface area (Å²) < 4.78 is 31.4. The number of anilines is 1. The number of nitrogens with one attached hydrogen (secondary N) is 1. The molecule has 3 rings (SSSR count). The fraction of sp³-hybridized carbons (Fsp3) is 0.350. The van der Waals surface area contributed by atoms with Gasteiger partial charge in [0.25, 0.3) is 5.91 Å². The van der Waals surface area contributed by atoms with Gasteiger partial charge in [0.15, 0.2) is 6.10 Å². The third kappa shape index (κ3) is 4.42. The van der Waals surface area contributed by atoms with Crippen LogP contribution in [0, 0.1) is 6.92 Å². The summed E-state index contributed by atoms with van der Waals surface area (Å²) in [5.41, 5.74) is 2.62. The van der Waals surface area contributed by atoms with E-state index in [1.807, 2.05) is 38.1 Å². The maximum Gasteiger partial charge on any atom is 0.261 e. The fourth-order valence-electron chi connectivity index (χ4n) is 3.10. The molecular weight excluding hydrogens is 364 g/mol. The van der Waals surface area contributed by atoms with Gasteiger partial charge >= 0.3 is 0 Å². The summed E-state index contributed by atoms with van der Waals surface area (Å²) >= 11 is 0. The second kappa shape index (κ2) is 7.60. The molecule has 2 aromatic carbocycles. The lowest BCUT2D eigenvalue weighted by Crippen LogP contribution is -2.40. The number of fused-ring (bicyclic) bond motifs is 1. The molecule has 1 N–H and O–H groups in total. The summed E-state index contributed by atoms with van der Waals surface area (Å²) in [7, 11) is -3.46. The SMILES string of the molecule is Cc1ccc([C@@H](C)NC(=O)[C@@H]2CCN(S(C)(=O)=O)c3ccccc3O2)cc1. The van der Waals surface area contributed by atoms with E-state index in [1.165, 1.54) is 4.31 Å². The molecule has 0 radical (unpaired) electrons. The van der Waals surface area contributed by atoms with Gasteiger partial charge < -0.3 is 10.1 Å². The number of ether oxygens (including phenoxy) is 1. The van der Waals surface area contributed by atoms with E-state index < -0.39 is 16.1 Å². The normalized spacial score (nSPS) is 18.0. The molecule has 7 heteroatoms. The lowest BCUT2D eigenvalue weighted by molar-refractivity contribution is -0.128. The van der Waals surface area contributed by atoms with Crippen molar-refractivity contribution in [2.45, 2.75) is 32.4 Å². The number of hydrogen-bond donors (Lipinski definition) is 1. The second-order valence-corrected chi connectivity index (χ2v) is 8.75. The van der Waals surface area contributed by atoms with E-state index in [4.69, 9.17) is 4.74 Å². The van der Waals surface area contributed by atoms with Crippen molar-refractivity contribution in [3.63, 3.8) is 0 Å². The molecule has 1 aliphatic rings. The number of hydrogen-bond acceptors (Lipinski definition) is 4. The fourth-order valence-corrected chi connectivity index (χ4v) is 4.05. The van der Waals surface area contributed by atoms with E-state index in [9.17, 15) is 13.2 Å². The zero-order chi connectivity index (χ0) is 19.6. The Morgan fingerprint density at radius 2 is 1.85 bits per heavy atom. The van der Waals surface area contributed by atoms with Crippen molar-refractivity contribution < 1.29 is 17.9 Å². The van der Waals surface area contributed by atoms with Gasteiger partial charge in [-0.3, -0.25) is 9.10 Å². The molecule has 2 atom stereocenters. The van der Waals surface area contributed by atoms with Gasteiger partial charge in [-0.1, -0.05) is 42.0 Å². The maximum atomic E-state index is 12.8. The van der Waals surface area contributed by atoms with Gasteiger partial charge in [0.2, 0.25) is 10.0 Å². The predicted octanol–water partition coefficient (Wildman–Crippen LogP) is 2.79. The van der Waals surface area contributed by atoms with E-state index in [2.05, 4.69) is 5.32 Å². The van der Waals surface area contributed by atoms with Crippen LogP contribution in [0.1, 0.15) is 30.5 Å². The lowest BCUT2D eigenvalue weighted by Gasteiger charge is -2.20. The van der Waals surface area contributed by atoms with Crippen LogP contribution in [0.4, 0.5) is 5.69 Å². The number of carbonyl (C=O) groups is 1. The molecule has 0 saturated carbocycles. The highest BCUT2D eigenvalue weighted by Crippen LogP contribution is 2.33. The summed E-state index contributed by atoms with van der Waals surface area (Å²) in [6.07, 6.45) is 0.670. The molecule has 6 nitrogen and oxygen atoms in total. The van der Waals surface area contributed by atoms with Gasteiger partial charge in [-0.05, 0) is 31.5 Å². The molecule has 0 bridgehead atoms. The largest absolute Gasteiger partial charge is 0.478 e. The Hall–Kier alpha value is -2.54. The standard InChI is InChI=1S/C20H24N2O4S/c1-14-8-10-16(11-9-14)15(2)21-20(23)19-12-13-22(27(3,24)25)17-6-4-5-7-18(17)26-19/h4-11,15,19H,12-13H2,1-3H3,(H,21,23)/t15-,19+/m1/s1. The first kappa shape index (κ1) is 19.2. The summed E-state index contributed by atoms with van der Waals surface area (Å²) in [6, 6.07) is 14.7. The lowest BCUT2D eigenvalue weighted by atomic mass is 10.1. The Bertz CT molecular complexity index is 925. The quantitative estimate of drug-likeness (QED) is 0.874. The predicted molar refractivity (Wildman–Crippen MR) is 105 cm³/mol. The van der Waals surface area contributed by atoms with Gasteiger partial charge in [0.1, 0.15) is 5.75 Å². The van der Waals surface area contributed by atoms with Crippen molar-refractivity contribution in [2.24, 2.45) is 0 Å². The monoisotopic (exact) mass is 388 g/mol. The zero-order valence-electron chi connectivity index (χ0n) is 15.7.